The predicted octanol–water partition coefficient (Wildman–Crippen LogP) is 0.476. The molecule has 0 bridgehead atoms. The molecule has 2 rings (SSSR count). The van der Waals surface area contributed by atoms with E-state index in [1.807, 2.05) is 0 Å². The fourth-order valence-corrected chi connectivity index (χ4v) is 1.04. The third kappa shape index (κ3) is 1.20. The zero-order chi connectivity index (χ0) is 9.42. The summed E-state index contributed by atoms with van der Waals surface area (Å²) in [4.78, 5) is 10.6. The Morgan fingerprint density at radius 1 is 1.46 bits per heavy atom. The van der Waals surface area contributed by atoms with Gasteiger partial charge in [-0.05, 0) is 12.1 Å². The molecule has 7 heteroatoms. The van der Waals surface area contributed by atoms with Crippen LogP contribution in [0.5, 0.6) is 0 Å². The Hall–Kier alpha value is -1.69. The minimum atomic E-state index is -1.19. The molecule has 2 heterocycles. The molecular weight excluding hydrogens is 196 g/mol. The molecule has 0 saturated heterocycles. The zero-order valence-corrected chi connectivity index (χ0v) is 6.93. The summed E-state index contributed by atoms with van der Waals surface area (Å²) in [6, 6.07) is 3.05. The average molecular weight is 199 g/mol. The van der Waals surface area contributed by atoms with E-state index in [1.165, 1.54) is 12.1 Å². The van der Waals surface area contributed by atoms with Crippen molar-refractivity contribution in [1.29, 1.82) is 0 Å². The van der Waals surface area contributed by atoms with Gasteiger partial charge in [0.1, 0.15) is 5.15 Å². The van der Waals surface area contributed by atoms with Crippen LogP contribution in [0.3, 0.4) is 0 Å². The van der Waals surface area contributed by atoms with Gasteiger partial charge in [0.05, 0.1) is 0 Å². The van der Waals surface area contributed by atoms with Gasteiger partial charge in [-0.1, -0.05) is 11.6 Å². The lowest BCUT2D eigenvalue weighted by molar-refractivity contribution is 0.0680. The molecule has 0 aromatic carbocycles. The summed E-state index contributed by atoms with van der Waals surface area (Å²) in [5.74, 6) is -1.44. The maximum atomic E-state index is 10.6. The van der Waals surface area contributed by atoms with Crippen molar-refractivity contribution >= 4 is 23.2 Å². The minimum absolute atomic E-state index is 0.190. The lowest BCUT2D eigenvalue weighted by atomic mass is 10.5. The van der Waals surface area contributed by atoms with Crippen LogP contribution in [0.1, 0.15) is 10.6 Å². The van der Waals surface area contributed by atoms with Gasteiger partial charge >= 0.3 is 5.97 Å². The molecule has 0 radical (unpaired) electrons. The minimum Gasteiger partial charge on any atom is -0.475 e. The smallest absolute Gasteiger partial charge is 0.375 e. The first-order chi connectivity index (χ1) is 6.18. The van der Waals surface area contributed by atoms with Crippen LogP contribution < -0.4 is 0 Å². The molecule has 2 aromatic rings. The van der Waals surface area contributed by atoms with Crippen molar-refractivity contribution in [2.75, 3.05) is 0 Å². The van der Waals surface area contributed by atoms with E-state index in [2.05, 4.69) is 15.3 Å². The van der Waals surface area contributed by atoms with Crippen molar-refractivity contribution in [3.63, 3.8) is 0 Å². The molecule has 0 amide bonds. The van der Waals surface area contributed by atoms with E-state index in [0.29, 0.717) is 5.65 Å². The number of carboxylic acids is 1. The lowest BCUT2D eigenvalue weighted by Gasteiger charge is -1.92. The summed E-state index contributed by atoms with van der Waals surface area (Å²) in [5.41, 5.74) is 0.349. The number of fused-ring (bicyclic) bond motifs is 1. The Morgan fingerprint density at radius 3 is 2.92 bits per heavy atom. The molecule has 6 nitrogen and oxygen atoms in total. The molecule has 0 unspecified atom stereocenters. The lowest BCUT2D eigenvalue weighted by Crippen LogP contribution is -2.05. The van der Waals surface area contributed by atoms with E-state index in [-0.39, 0.29) is 11.0 Å². The molecule has 1 N–H and O–H groups in total. The quantitative estimate of drug-likeness (QED) is 0.721. The van der Waals surface area contributed by atoms with Crippen LogP contribution in [-0.4, -0.2) is 30.9 Å². The highest BCUT2D eigenvalue weighted by Crippen LogP contribution is 2.06. The molecule has 0 aliphatic carbocycles. The Morgan fingerprint density at radius 2 is 2.23 bits per heavy atom. The summed E-state index contributed by atoms with van der Waals surface area (Å²) >= 11 is 5.57. The summed E-state index contributed by atoms with van der Waals surface area (Å²) in [5, 5.41) is 19.6. The molecule has 2 aromatic heterocycles. The predicted molar refractivity (Wildman–Crippen MR) is 42.8 cm³/mol. The molecule has 0 saturated carbocycles. The van der Waals surface area contributed by atoms with Crippen LogP contribution >= 0.6 is 11.6 Å². The molecule has 0 aliphatic rings. The first-order valence-electron chi connectivity index (χ1n) is 3.30. The first-order valence-corrected chi connectivity index (χ1v) is 3.67. The first kappa shape index (κ1) is 7.93. The highest BCUT2D eigenvalue weighted by Gasteiger charge is 2.13. The SMILES string of the molecule is O=C(O)c1nnc2ccc(Cl)nn12. The van der Waals surface area contributed by atoms with E-state index < -0.39 is 5.97 Å². The number of nitrogens with zero attached hydrogens (tertiary/aromatic N) is 4. The number of aromatic nitrogens is 4. The normalized spacial score (nSPS) is 10.5. The third-order valence-corrected chi connectivity index (χ3v) is 1.62. The Kier molecular flexibility index (Phi) is 1.63. The van der Waals surface area contributed by atoms with Crippen molar-refractivity contribution < 1.29 is 9.90 Å². The van der Waals surface area contributed by atoms with Gasteiger partial charge < -0.3 is 5.11 Å². The molecule has 0 atom stereocenters. The number of aromatic carboxylic acids is 1. The van der Waals surface area contributed by atoms with Crippen molar-refractivity contribution in [2.24, 2.45) is 0 Å². The fourth-order valence-electron chi connectivity index (χ4n) is 0.900. The van der Waals surface area contributed by atoms with Gasteiger partial charge in [0.25, 0.3) is 5.82 Å². The summed E-state index contributed by atoms with van der Waals surface area (Å²) in [6.07, 6.45) is 0. The molecule has 13 heavy (non-hydrogen) atoms. The van der Waals surface area contributed by atoms with E-state index in [1.54, 1.807) is 0 Å². The Labute approximate surface area is 76.8 Å². The molecule has 66 valence electrons. The van der Waals surface area contributed by atoms with E-state index in [0.717, 1.165) is 4.52 Å². The fraction of sp³-hybridized carbons (Fsp3) is 0. The van der Waals surface area contributed by atoms with Crippen LogP contribution in [0, 0.1) is 0 Å². The van der Waals surface area contributed by atoms with Crippen molar-refractivity contribution in [3.05, 3.63) is 23.1 Å². The highest BCUT2D eigenvalue weighted by atomic mass is 35.5. The van der Waals surface area contributed by atoms with Crippen LogP contribution in [0.25, 0.3) is 5.65 Å². The van der Waals surface area contributed by atoms with E-state index in [9.17, 15) is 4.79 Å². The largest absolute Gasteiger partial charge is 0.475 e. The van der Waals surface area contributed by atoms with Crippen molar-refractivity contribution in [2.45, 2.75) is 0 Å². The van der Waals surface area contributed by atoms with Crippen molar-refractivity contribution in [3.8, 4) is 0 Å². The van der Waals surface area contributed by atoms with Gasteiger partial charge in [-0.2, -0.15) is 9.61 Å². The standard InChI is InChI=1S/C6H3ClN4O2/c7-3-1-2-4-8-9-5(6(12)13)11(4)10-3/h1-2H,(H,12,13). The molecule has 0 aliphatic heterocycles. The zero-order valence-electron chi connectivity index (χ0n) is 6.18. The summed E-state index contributed by atoms with van der Waals surface area (Å²) in [6.45, 7) is 0. The maximum Gasteiger partial charge on any atom is 0.375 e. The number of halogens is 1. The second kappa shape index (κ2) is 2.67. The van der Waals surface area contributed by atoms with E-state index >= 15 is 0 Å². The molecule has 0 fully saturated rings. The van der Waals surface area contributed by atoms with Gasteiger partial charge in [-0.3, -0.25) is 0 Å². The number of hydrogen-bond acceptors (Lipinski definition) is 4. The average Bonchev–Trinajstić information content (AvgIpc) is 2.46. The second-order valence-electron chi connectivity index (χ2n) is 2.25. The van der Waals surface area contributed by atoms with Crippen LogP contribution in [0.4, 0.5) is 0 Å². The van der Waals surface area contributed by atoms with Crippen LogP contribution in [0.2, 0.25) is 5.15 Å². The number of rotatable bonds is 1. The van der Waals surface area contributed by atoms with Gasteiger partial charge in [0.15, 0.2) is 5.65 Å². The topological polar surface area (TPSA) is 80.4 Å². The van der Waals surface area contributed by atoms with Gasteiger partial charge in [-0.15, -0.1) is 10.2 Å². The number of carbonyl (C=O) groups is 1. The highest BCUT2D eigenvalue weighted by molar-refractivity contribution is 6.29. The van der Waals surface area contributed by atoms with Crippen LogP contribution in [0.15, 0.2) is 12.1 Å². The van der Waals surface area contributed by atoms with Crippen LogP contribution in [-0.2, 0) is 0 Å². The Balaban J connectivity index is 2.79. The number of hydrogen-bond donors (Lipinski definition) is 1. The molecule has 0 spiro atoms. The van der Waals surface area contributed by atoms with Gasteiger partial charge in [0.2, 0.25) is 0 Å². The number of carboxylic acid groups (broad SMARTS) is 1. The summed E-state index contributed by atoms with van der Waals surface area (Å²) in [7, 11) is 0. The monoisotopic (exact) mass is 198 g/mol. The second-order valence-corrected chi connectivity index (χ2v) is 2.64. The van der Waals surface area contributed by atoms with Crippen molar-refractivity contribution in [1.82, 2.24) is 19.8 Å². The maximum absolute atomic E-state index is 10.6. The third-order valence-electron chi connectivity index (χ3n) is 1.42. The Bertz CT molecular complexity index is 480. The van der Waals surface area contributed by atoms with E-state index in [4.69, 9.17) is 16.7 Å². The van der Waals surface area contributed by atoms with Gasteiger partial charge in [0, 0.05) is 0 Å². The van der Waals surface area contributed by atoms with Gasteiger partial charge in [-0.25, -0.2) is 4.79 Å². The summed E-state index contributed by atoms with van der Waals surface area (Å²) < 4.78 is 1.07. The molecular formula is C6H3ClN4O2.